The van der Waals surface area contributed by atoms with E-state index in [0.717, 1.165) is 29.4 Å². The minimum atomic E-state index is 0.112. The van der Waals surface area contributed by atoms with Gasteiger partial charge in [0, 0.05) is 29.3 Å². The Hall–Kier alpha value is -1.64. The highest BCUT2D eigenvalue weighted by molar-refractivity contribution is 6.08. The van der Waals surface area contributed by atoms with Gasteiger partial charge in [-0.1, -0.05) is 26.7 Å². The predicted octanol–water partition coefficient (Wildman–Crippen LogP) is 3.96. The number of Topliss-reactive ketones (excluding diaryl/α,β-unsaturated/α-hetero) is 1. The van der Waals surface area contributed by atoms with Crippen LogP contribution < -0.4 is 0 Å². The van der Waals surface area contributed by atoms with E-state index in [2.05, 4.69) is 23.8 Å². The molecule has 1 aliphatic carbocycles. The summed E-state index contributed by atoms with van der Waals surface area (Å²) in [7, 11) is 0. The van der Waals surface area contributed by atoms with Gasteiger partial charge >= 0.3 is 0 Å². The number of rotatable bonds is 2. The zero-order valence-electron chi connectivity index (χ0n) is 11.6. The summed E-state index contributed by atoms with van der Waals surface area (Å²) < 4.78 is 0. The first-order valence-electron chi connectivity index (χ1n) is 7.06. The van der Waals surface area contributed by atoms with Crippen LogP contribution in [0.1, 0.15) is 49.9 Å². The number of aromatic nitrogens is 2. The average molecular weight is 256 g/mol. The molecule has 3 rings (SSSR count). The molecule has 1 atom stereocenters. The fourth-order valence-electron chi connectivity index (χ4n) is 3.33. The molecule has 2 aromatic rings. The standard InChI is InChI=1S/C16H20N2O/c1-16(2)8-4-3-7-13(16)14(19)12-10-18-15-11(12)6-5-9-17-15/h5-6,9-10,13H,3-4,7-8H2,1-2H3,(H,17,18). The Bertz CT molecular complexity index is 612. The largest absolute Gasteiger partial charge is 0.345 e. The monoisotopic (exact) mass is 256 g/mol. The number of aromatic amines is 1. The van der Waals surface area contributed by atoms with E-state index in [-0.39, 0.29) is 17.1 Å². The molecular formula is C16H20N2O. The molecule has 3 heteroatoms. The first kappa shape index (κ1) is 12.4. The second kappa shape index (κ2) is 4.48. The van der Waals surface area contributed by atoms with Crippen LogP contribution in [-0.2, 0) is 0 Å². The van der Waals surface area contributed by atoms with Crippen LogP contribution in [0.4, 0.5) is 0 Å². The second-order valence-electron chi connectivity index (χ2n) is 6.25. The predicted molar refractivity (Wildman–Crippen MR) is 76.2 cm³/mol. The number of hydrogen-bond donors (Lipinski definition) is 1. The smallest absolute Gasteiger partial charge is 0.168 e. The minimum absolute atomic E-state index is 0.112. The number of hydrogen-bond acceptors (Lipinski definition) is 2. The summed E-state index contributed by atoms with van der Waals surface area (Å²) in [5, 5.41) is 0.953. The van der Waals surface area contributed by atoms with Gasteiger partial charge in [0.1, 0.15) is 5.65 Å². The number of pyridine rings is 1. The van der Waals surface area contributed by atoms with Crippen LogP contribution in [0.15, 0.2) is 24.5 Å². The second-order valence-corrected chi connectivity index (χ2v) is 6.25. The number of nitrogens with zero attached hydrogens (tertiary/aromatic N) is 1. The van der Waals surface area contributed by atoms with Crippen LogP contribution in [-0.4, -0.2) is 15.8 Å². The Morgan fingerprint density at radius 3 is 3.05 bits per heavy atom. The number of carbonyl (C=O) groups is 1. The van der Waals surface area contributed by atoms with Gasteiger partial charge in [0.05, 0.1) is 0 Å². The fourth-order valence-corrected chi connectivity index (χ4v) is 3.33. The molecule has 0 saturated heterocycles. The Labute approximate surface area is 113 Å². The lowest BCUT2D eigenvalue weighted by molar-refractivity contribution is 0.0699. The number of nitrogens with one attached hydrogen (secondary N) is 1. The lowest BCUT2D eigenvalue weighted by Gasteiger charge is -2.37. The summed E-state index contributed by atoms with van der Waals surface area (Å²) in [5.41, 5.74) is 1.73. The molecule has 2 aromatic heterocycles. The number of carbonyl (C=O) groups excluding carboxylic acids is 1. The van der Waals surface area contributed by atoms with Crippen molar-refractivity contribution in [3.63, 3.8) is 0 Å². The van der Waals surface area contributed by atoms with Crippen molar-refractivity contribution in [3.05, 3.63) is 30.1 Å². The van der Waals surface area contributed by atoms with Crippen molar-refractivity contribution in [3.8, 4) is 0 Å². The summed E-state index contributed by atoms with van der Waals surface area (Å²) in [4.78, 5) is 20.2. The van der Waals surface area contributed by atoms with Gasteiger partial charge in [0.2, 0.25) is 0 Å². The average Bonchev–Trinajstić information content (AvgIpc) is 2.81. The third-order valence-corrected chi connectivity index (χ3v) is 4.54. The van der Waals surface area contributed by atoms with Crippen LogP contribution in [0.5, 0.6) is 0 Å². The van der Waals surface area contributed by atoms with E-state index in [1.165, 1.54) is 12.8 Å². The summed E-state index contributed by atoms with van der Waals surface area (Å²) in [6, 6.07) is 3.86. The van der Waals surface area contributed by atoms with Crippen molar-refractivity contribution in [1.82, 2.24) is 9.97 Å². The number of H-pyrrole nitrogens is 1. The highest BCUT2D eigenvalue weighted by atomic mass is 16.1. The van der Waals surface area contributed by atoms with Gasteiger partial charge < -0.3 is 4.98 Å². The molecule has 0 aromatic carbocycles. The lowest BCUT2D eigenvalue weighted by atomic mass is 9.66. The molecule has 100 valence electrons. The minimum Gasteiger partial charge on any atom is -0.345 e. The zero-order valence-corrected chi connectivity index (χ0v) is 11.6. The van der Waals surface area contributed by atoms with Crippen LogP contribution in [0.25, 0.3) is 11.0 Å². The molecule has 2 heterocycles. The molecule has 3 nitrogen and oxygen atoms in total. The van der Waals surface area contributed by atoms with Gasteiger partial charge in [0.25, 0.3) is 0 Å². The highest BCUT2D eigenvalue weighted by Gasteiger charge is 2.38. The third kappa shape index (κ3) is 2.07. The van der Waals surface area contributed by atoms with Gasteiger partial charge in [-0.15, -0.1) is 0 Å². The van der Waals surface area contributed by atoms with Crippen molar-refractivity contribution < 1.29 is 4.79 Å². The van der Waals surface area contributed by atoms with Crippen LogP contribution >= 0.6 is 0 Å². The molecule has 1 unspecified atom stereocenters. The van der Waals surface area contributed by atoms with E-state index in [1.807, 2.05) is 18.3 Å². The maximum atomic E-state index is 12.8. The molecule has 0 radical (unpaired) electrons. The van der Waals surface area contributed by atoms with E-state index in [1.54, 1.807) is 6.20 Å². The highest BCUT2D eigenvalue weighted by Crippen LogP contribution is 2.42. The van der Waals surface area contributed by atoms with E-state index in [0.29, 0.717) is 0 Å². The molecule has 1 N–H and O–H groups in total. The quantitative estimate of drug-likeness (QED) is 0.826. The molecule has 1 saturated carbocycles. The first-order valence-corrected chi connectivity index (χ1v) is 7.06. The molecule has 0 bridgehead atoms. The van der Waals surface area contributed by atoms with E-state index < -0.39 is 0 Å². The summed E-state index contributed by atoms with van der Waals surface area (Å²) in [6.07, 6.45) is 8.14. The molecule has 0 aliphatic heterocycles. The maximum absolute atomic E-state index is 12.8. The third-order valence-electron chi connectivity index (χ3n) is 4.54. The molecule has 1 fully saturated rings. The van der Waals surface area contributed by atoms with Crippen molar-refractivity contribution in [1.29, 1.82) is 0 Å². The zero-order chi connectivity index (χ0) is 13.5. The molecule has 19 heavy (non-hydrogen) atoms. The van der Waals surface area contributed by atoms with Gasteiger partial charge in [0.15, 0.2) is 5.78 Å². The number of fused-ring (bicyclic) bond motifs is 1. The molecule has 1 aliphatic rings. The Kier molecular flexibility index (Phi) is 2.92. The Balaban J connectivity index is 1.99. The first-order chi connectivity index (χ1) is 9.09. The Morgan fingerprint density at radius 2 is 2.26 bits per heavy atom. The topological polar surface area (TPSA) is 45.8 Å². The maximum Gasteiger partial charge on any atom is 0.168 e. The van der Waals surface area contributed by atoms with Crippen molar-refractivity contribution in [2.45, 2.75) is 39.5 Å². The van der Waals surface area contributed by atoms with E-state index in [9.17, 15) is 4.79 Å². The van der Waals surface area contributed by atoms with Crippen molar-refractivity contribution in [2.24, 2.45) is 11.3 Å². The molecule has 0 amide bonds. The van der Waals surface area contributed by atoms with E-state index in [4.69, 9.17) is 0 Å². The summed E-state index contributed by atoms with van der Waals surface area (Å²) in [6.45, 7) is 4.45. The SMILES string of the molecule is CC1(C)CCCCC1C(=O)c1c[nH]c2ncccc12. The van der Waals surface area contributed by atoms with Crippen molar-refractivity contribution >= 4 is 16.8 Å². The normalized spacial score (nSPS) is 22.5. The lowest BCUT2D eigenvalue weighted by Crippen LogP contribution is -2.34. The fraction of sp³-hybridized carbons (Fsp3) is 0.500. The molecular weight excluding hydrogens is 236 g/mol. The van der Waals surface area contributed by atoms with Gasteiger partial charge in [-0.2, -0.15) is 0 Å². The molecule has 0 spiro atoms. The van der Waals surface area contributed by atoms with Gasteiger partial charge in [-0.25, -0.2) is 4.98 Å². The number of ketones is 1. The van der Waals surface area contributed by atoms with Crippen LogP contribution in [0, 0.1) is 11.3 Å². The van der Waals surface area contributed by atoms with Gasteiger partial charge in [-0.3, -0.25) is 4.79 Å². The summed E-state index contributed by atoms with van der Waals surface area (Å²) >= 11 is 0. The van der Waals surface area contributed by atoms with Gasteiger partial charge in [-0.05, 0) is 30.4 Å². The summed E-state index contributed by atoms with van der Waals surface area (Å²) in [5.74, 6) is 0.421. The Morgan fingerprint density at radius 1 is 1.42 bits per heavy atom. The van der Waals surface area contributed by atoms with Crippen LogP contribution in [0.2, 0.25) is 0 Å². The van der Waals surface area contributed by atoms with E-state index >= 15 is 0 Å². The van der Waals surface area contributed by atoms with Crippen molar-refractivity contribution in [2.75, 3.05) is 0 Å². The van der Waals surface area contributed by atoms with Crippen LogP contribution in [0.3, 0.4) is 0 Å².